The van der Waals surface area contributed by atoms with Crippen molar-refractivity contribution in [3.05, 3.63) is 51.8 Å². The third-order valence-corrected chi connectivity index (χ3v) is 6.92. The lowest BCUT2D eigenvalue weighted by Crippen LogP contribution is -2.50. The van der Waals surface area contributed by atoms with E-state index in [1.807, 2.05) is 16.8 Å². The van der Waals surface area contributed by atoms with Crippen molar-refractivity contribution in [3.8, 4) is 17.0 Å². The van der Waals surface area contributed by atoms with Gasteiger partial charge in [0.1, 0.15) is 11.3 Å². The highest BCUT2D eigenvalue weighted by Crippen LogP contribution is 2.51. The van der Waals surface area contributed by atoms with E-state index in [-0.39, 0.29) is 17.1 Å². The van der Waals surface area contributed by atoms with Gasteiger partial charge < -0.3 is 14.6 Å². The number of aromatic nitrogens is 1. The second-order valence-electron chi connectivity index (χ2n) is 8.35. The number of benzene rings is 1. The van der Waals surface area contributed by atoms with Crippen LogP contribution in [0.3, 0.4) is 0 Å². The normalized spacial score (nSPS) is 21.0. The van der Waals surface area contributed by atoms with Gasteiger partial charge in [-0.3, -0.25) is 14.5 Å². The highest BCUT2D eigenvalue weighted by molar-refractivity contribution is 14.1. The highest BCUT2D eigenvalue weighted by atomic mass is 127. The lowest BCUT2D eigenvalue weighted by molar-refractivity contribution is 0.0694. The topological polar surface area (TPSA) is 81.0 Å². The fourth-order valence-corrected chi connectivity index (χ4v) is 6.30. The largest absolute Gasteiger partial charge is 0.493 e. The molecule has 1 N–H and O–H groups in total. The number of pyridine rings is 1. The minimum absolute atomic E-state index is 0.0507. The van der Waals surface area contributed by atoms with Crippen molar-refractivity contribution in [1.82, 2.24) is 4.68 Å². The zero-order valence-electron chi connectivity index (χ0n) is 17.2. The van der Waals surface area contributed by atoms with E-state index in [2.05, 4.69) is 47.5 Å². The molecule has 0 radical (unpaired) electrons. The Balaban J connectivity index is 1.85. The predicted molar refractivity (Wildman–Crippen MR) is 123 cm³/mol. The van der Waals surface area contributed by atoms with Crippen molar-refractivity contribution in [3.63, 3.8) is 0 Å². The molecule has 0 aliphatic carbocycles. The lowest BCUT2D eigenvalue weighted by Gasteiger charge is -2.44. The fourth-order valence-electron chi connectivity index (χ4n) is 4.53. The average molecular weight is 524 g/mol. The molecule has 2 aliphatic rings. The lowest BCUT2D eigenvalue weighted by atomic mass is 9.94. The van der Waals surface area contributed by atoms with E-state index in [1.54, 1.807) is 7.11 Å². The average Bonchev–Trinajstić information content (AvgIpc) is 2.93. The molecule has 7 nitrogen and oxygen atoms in total. The molecule has 2 unspecified atom stereocenters. The predicted octanol–water partition coefficient (Wildman–Crippen LogP) is 3.61. The van der Waals surface area contributed by atoms with Gasteiger partial charge in [0.25, 0.3) is 0 Å². The molecule has 2 aromatic rings. The molecule has 160 valence electrons. The fraction of sp³-hybridized carbons (Fsp3) is 0.455. The van der Waals surface area contributed by atoms with Crippen LogP contribution in [0, 0.1) is 0 Å². The van der Waals surface area contributed by atoms with Gasteiger partial charge in [-0.05, 0) is 44.0 Å². The summed E-state index contributed by atoms with van der Waals surface area (Å²) >= 11 is 2.48. The van der Waals surface area contributed by atoms with Crippen LogP contribution in [0.25, 0.3) is 11.3 Å². The Hall–Kier alpha value is -2.07. The van der Waals surface area contributed by atoms with E-state index >= 15 is 0 Å². The quantitative estimate of drug-likeness (QED) is 0.354. The van der Waals surface area contributed by atoms with Crippen LogP contribution in [0.15, 0.2) is 35.3 Å². The third-order valence-electron chi connectivity index (χ3n) is 5.79. The van der Waals surface area contributed by atoms with Gasteiger partial charge in [0.05, 0.1) is 23.9 Å². The zero-order valence-corrected chi connectivity index (χ0v) is 19.4. The van der Waals surface area contributed by atoms with Crippen molar-refractivity contribution < 1.29 is 19.4 Å². The van der Waals surface area contributed by atoms with Crippen molar-refractivity contribution in [2.75, 3.05) is 25.3 Å². The number of alkyl halides is 1. The van der Waals surface area contributed by atoms with Gasteiger partial charge >= 0.3 is 5.97 Å². The number of methoxy groups -OCH3 is 1. The number of carboxylic acid groups (broad SMARTS) is 1. The van der Waals surface area contributed by atoms with Gasteiger partial charge in [0.2, 0.25) is 0 Å². The number of rotatable bonds is 6. The number of carbonyl (C=O) groups is 1. The van der Waals surface area contributed by atoms with E-state index in [4.69, 9.17) is 9.47 Å². The second-order valence-corrected chi connectivity index (χ2v) is 9.95. The van der Waals surface area contributed by atoms with E-state index in [9.17, 15) is 14.7 Å². The molecule has 30 heavy (non-hydrogen) atoms. The first kappa shape index (κ1) is 21.2. The Morgan fingerprint density at radius 3 is 2.77 bits per heavy atom. The number of hydrogen-bond donors (Lipinski definition) is 1. The summed E-state index contributed by atoms with van der Waals surface area (Å²) < 4.78 is 13.2. The van der Waals surface area contributed by atoms with E-state index in [1.165, 1.54) is 12.3 Å². The molecule has 0 spiro atoms. The summed E-state index contributed by atoms with van der Waals surface area (Å²) in [6.45, 7) is 5.51. The number of ether oxygens (including phenoxy) is 2. The van der Waals surface area contributed by atoms with Crippen LogP contribution < -0.4 is 15.2 Å². The molecule has 2 aliphatic heterocycles. The Labute approximate surface area is 188 Å². The van der Waals surface area contributed by atoms with Gasteiger partial charge in [0.15, 0.2) is 5.43 Å². The Morgan fingerprint density at radius 2 is 2.07 bits per heavy atom. The maximum atomic E-state index is 12.5. The SMILES string of the molecule is COCCCOc1ccc2c(c1)C1C(I)CC(C)(C)N1n1cc(C(=O)O)c(=O)cc1-2. The highest BCUT2D eigenvalue weighted by Gasteiger charge is 2.49. The van der Waals surface area contributed by atoms with E-state index < -0.39 is 11.4 Å². The minimum atomic E-state index is -1.21. The summed E-state index contributed by atoms with van der Waals surface area (Å²) in [5.41, 5.74) is 1.84. The summed E-state index contributed by atoms with van der Waals surface area (Å²) in [6.07, 6.45) is 3.22. The molecular formula is C22H25IN2O5. The van der Waals surface area contributed by atoms with Crippen molar-refractivity contribution in [2.24, 2.45) is 0 Å². The van der Waals surface area contributed by atoms with Gasteiger partial charge in [-0.15, -0.1) is 0 Å². The van der Waals surface area contributed by atoms with Crippen molar-refractivity contribution >= 4 is 28.6 Å². The molecule has 4 rings (SSSR count). The Morgan fingerprint density at radius 1 is 1.30 bits per heavy atom. The first-order valence-corrected chi connectivity index (χ1v) is 11.2. The number of halogens is 1. The van der Waals surface area contributed by atoms with Gasteiger partial charge in [0, 0.05) is 41.9 Å². The van der Waals surface area contributed by atoms with Crippen LogP contribution in [0.5, 0.6) is 5.75 Å². The Bertz CT molecular complexity index is 1050. The number of hydrogen-bond acceptors (Lipinski definition) is 5. The van der Waals surface area contributed by atoms with Crippen LogP contribution >= 0.6 is 22.6 Å². The molecule has 2 atom stereocenters. The molecule has 1 fully saturated rings. The number of fused-ring (bicyclic) bond motifs is 6. The summed E-state index contributed by atoms with van der Waals surface area (Å²) in [5.74, 6) is -0.420. The van der Waals surface area contributed by atoms with Crippen LogP contribution in [0.1, 0.15) is 48.7 Å². The van der Waals surface area contributed by atoms with Gasteiger partial charge in [-0.25, -0.2) is 4.79 Å². The molecule has 0 saturated carbocycles. The number of carboxylic acids is 1. The molecular weight excluding hydrogens is 499 g/mol. The van der Waals surface area contributed by atoms with Gasteiger partial charge in [-0.2, -0.15) is 0 Å². The molecule has 8 heteroatoms. The molecule has 3 heterocycles. The van der Waals surface area contributed by atoms with E-state index in [0.717, 1.165) is 29.7 Å². The van der Waals surface area contributed by atoms with Crippen LogP contribution in [0.4, 0.5) is 0 Å². The van der Waals surface area contributed by atoms with Gasteiger partial charge in [-0.1, -0.05) is 22.6 Å². The Kier molecular flexibility index (Phi) is 5.56. The summed E-state index contributed by atoms with van der Waals surface area (Å²) in [5, 5.41) is 11.7. The zero-order chi connectivity index (χ0) is 21.6. The van der Waals surface area contributed by atoms with Crippen molar-refractivity contribution in [2.45, 2.75) is 42.2 Å². The van der Waals surface area contributed by atoms with Crippen LogP contribution in [-0.4, -0.2) is 45.5 Å². The number of aromatic carboxylic acids is 1. The monoisotopic (exact) mass is 524 g/mol. The molecule has 1 aromatic heterocycles. The third kappa shape index (κ3) is 3.49. The maximum absolute atomic E-state index is 12.5. The molecule has 0 bridgehead atoms. The molecule has 1 saturated heterocycles. The summed E-state index contributed by atoms with van der Waals surface area (Å²) in [6, 6.07) is 7.43. The van der Waals surface area contributed by atoms with Crippen LogP contribution in [-0.2, 0) is 4.74 Å². The molecule has 0 amide bonds. The minimum Gasteiger partial charge on any atom is -0.493 e. The molecule has 1 aromatic carbocycles. The van der Waals surface area contributed by atoms with Crippen molar-refractivity contribution in [1.29, 1.82) is 0 Å². The summed E-state index contributed by atoms with van der Waals surface area (Å²) in [4.78, 5) is 24.1. The summed E-state index contributed by atoms with van der Waals surface area (Å²) in [7, 11) is 1.67. The first-order chi connectivity index (χ1) is 14.2. The maximum Gasteiger partial charge on any atom is 0.341 e. The second kappa shape index (κ2) is 7.88. The number of nitrogens with zero attached hydrogens (tertiary/aromatic N) is 2. The first-order valence-electron chi connectivity index (χ1n) is 9.94. The van der Waals surface area contributed by atoms with Crippen LogP contribution in [0.2, 0.25) is 0 Å². The standard InChI is InChI=1S/C22H25IN2O5/c1-22(2)11-17(23)20-15-9-13(30-8-4-7-29-3)5-6-14(15)18-10-19(26)16(21(27)28)12-24(18)25(20)22/h5-6,9-10,12,17,20H,4,7-8,11H2,1-3H3,(H,27,28). The smallest absolute Gasteiger partial charge is 0.341 e. The van der Waals surface area contributed by atoms with E-state index in [0.29, 0.717) is 22.8 Å².